The molecular weight excluding hydrogens is 398 g/mol. The Kier molecular flexibility index (Phi) is 7.79. The molecule has 0 radical (unpaired) electrons. The zero-order valence-corrected chi connectivity index (χ0v) is 18.2. The molecule has 30 heavy (non-hydrogen) atoms. The van der Waals surface area contributed by atoms with E-state index in [9.17, 15) is 13.2 Å². The molecule has 1 fully saturated rings. The number of nitrogens with one attached hydrogen (secondary N) is 2. The number of sulfonamides is 1. The first-order valence-electron chi connectivity index (χ1n) is 10.3. The van der Waals surface area contributed by atoms with Crippen molar-refractivity contribution >= 4 is 22.0 Å². The highest BCUT2D eigenvalue weighted by Gasteiger charge is 2.18. The average molecular weight is 429 g/mol. The number of quaternary nitrogens is 1. The Morgan fingerprint density at radius 2 is 1.67 bits per heavy atom. The smallest absolute Gasteiger partial charge is 0.236 e. The molecule has 160 valence electrons. The van der Waals surface area contributed by atoms with Crippen LogP contribution in [0.2, 0.25) is 0 Å². The van der Waals surface area contributed by atoms with Gasteiger partial charge in [0.2, 0.25) is 15.9 Å². The van der Waals surface area contributed by atoms with Gasteiger partial charge < -0.3 is 10.2 Å². The van der Waals surface area contributed by atoms with E-state index in [0.29, 0.717) is 6.54 Å². The van der Waals surface area contributed by atoms with Crippen molar-refractivity contribution in [2.45, 2.75) is 25.9 Å². The first-order chi connectivity index (χ1) is 14.4. The molecule has 7 heteroatoms. The van der Waals surface area contributed by atoms with Gasteiger partial charge in [-0.05, 0) is 17.2 Å². The molecule has 2 aromatic carbocycles. The molecule has 3 rings (SSSR count). The molecule has 0 unspecified atom stereocenters. The van der Waals surface area contributed by atoms with Gasteiger partial charge in [-0.25, -0.2) is 8.42 Å². The minimum Gasteiger partial charge on any atom is -0.351 e. The number of amides is 1. The first-order valence-corrected chi connectivity index (χ1v) is 11.8. The Hall–Kier alpha value is -2.48. The van der Waals surface area contributed by atoms with Gasteiger partial charge in [-0.1, -0.05) is 54.6 Å². The summed E-state index contributed by atoms with van der Waals surface area (Å²) in [6, 6.07) is 17.4. The van der Waals surface area contributed by atoms with E-state index in [1.807, 2.05) is 42.5 Å². The maximum atomic E-state index is 12.4. The van der Waals surface area contributed by atoms with Crippen LogP contribution in [0, 0.1) is 0 Å². The van der Waals surface area contributed by atoms with Gasteiger partial charge in [-0.2, -0.15) is 4.31 Å². The third kappa shape index (κ3) is 6.79. The molecule has 0 aromatic heterocycles. The maximum absolute atomic E-state index is 12.4. The van der Waals surface area contributed by atoms with Crippen molar-refractivity contribution in [2.24, 2.45) is 0 Å². The molecule has 0 spiro atoms. The molecule has 1 aliphatic rings. The topological polar surface area (TPSA) is 70.9 Å². The van der Waals surface area contributed by atoms with Crippen molar-refractivity contribution in [1.29, 1.82) is 0 Å². The van der Waals surface area contributed by atoms with Gasteiger partial charge >= 0.3 is 0 Å². The van der Waals surface area contributed by atoms with Gasteiger partial charge in [0.25, 0.3) is 0 Å². The van der Waals surface area contributed by atoms with E-state index in [4.69, 9.17) is 0 Å². The maximum Gasteiger partial charge on any atom is 0.236 e. The summed E-state index contributed by atoms with van der Waals surface area (Å²) in [5, 5.41) is 3.92. The highest BCUT2D eigenvalue weighted by atomic mass is 32.2. The Bertz CT molecular complexity index is 951. The summed E-state index contributed by atoms with van der Waals surface area (Å²) in [7, 11) is -2.26. The molecule has 6 nitrogen and oxygen atoms in total. The summed E-state index contributed by atoms with van der Waals surface area (Å²) in [5.41, 5.74) is 3.09. The van der Waals surface area contributed by atoms with E-state index in [0.717, 1.165) is 27.4 Å². The normalized spacial score (nSPS) is 15.1. The monoisotopic (exact) mass is 428 g/mol. The van der Waals surface area contributed by atoms with Crippen LogP contribution in [0.3, 0.4) is 0 Å². The Balaban J connectivity index is 1.45. The van der Waals surface area contributed by atoms with Crippen molar-refractivity contribution in [2.75, 3.05) is 26.7 Å². The number of likely N-dealkylation sites (N-methyl/N-ethyl adjacent to an activating group) is 1. The quantitative estimate of drug-likeness (QED) is 0.635. The van der Waals surface area contributed by atoms with Crippen LogP contribution in [-0.2, 0) is 27.9 Å². The van der Waals surface area contributed by atoms with E-state index in [1.54, 1.807) is 4.90 Å². The summed E-state index contributed by atoms with van der Waals surface area (Å²) in [5.74, 6) is -0.334. The van der Waals surface area contributed by atoms with Gasteiger partial charge in [0.1, 0.15) is 6.54 Å². The van der Waals surface area contributed by atoms with Gasteiger partial charge in [0, 0.05) is 37.4 Å². The van der Waals surface area contributed by atoms with Crippen molar-refractivity contribution in [3.05, 3.63) is 76.7 Å². The van der Waals surface area contributed by atoms with Crippen molar-refractivity contribution < 1.29 is 18.1 Å². The third-order valence-electron chi connectivity index (χ3n) is 5.31. The molecule has 1 amide bonds. The third-order valence-corrected chi connectivity index (χ3v) is 6.79. The molecule has 0 aliphatic carbocycles. The van der Waals surface area contributed by atoms with E-state index < -0.39 is 10.0 Å². The second-order valence-corrected chi connectivity index (χ2v) is 9.67. The molecule has 0 atom stereocenters. The minimum absolute atomic E-state index is 0.224. The van der Waals surface area contributed by atoms with Crippen LogP contribution in [0.4, 0.5) is 0 Å². The molecule has 0 bridgehead atoms. The summed E-state index contributed by atoms with van der Waals surface area (Å²) in [6.45, 7) is 3.69. The zero-order chi connectivity index (χ0) is 21.4. The lowest BCUT2D eigenvalue weighted by Gasteiger charge is -2.15. The van der Waals surface area contributed by atoms with E-state index in [1.165, 1.54) is 44.6 Å². The van der Waals surface area contributed by atoms with Crippen LogP contribution in [0.1, 0.15) is 29.5 Å². The standard InChI is InChI=1S/C23H29N3O3S/c1-25(30(28,29)16-13-20-7-3-2-4-8-20)19-23(27)24-17-21-9-11-22(12-10-21)18-26-14-5-6-15-26/h2-4,7-13,16H,5-6,14-15,17-19H2,1H3,(H,24,27)/p+1/b16-13+. The van der Waals surface area contributed by atoms with Crippen LogP contribution >= 0.6 is 0 Å². The minimum atomic E-state index is -3.66. The molecular formula is C23H30N3O3S+. The Morgan fingerprint density at radius 3 is 2.33 bits per heavy atom. The lowest BCUT2D eigenvalue weighted by atomic mass is 10.1. The van der Waals surface area contributed by atoms with Gasteiger partial charge in [-0.15, -0.1) is 0 Å². The second kappa shape index (κ2) is 10.5. The molecule has 2 aromatic rings. The van der Waals surface area contributed by atoms with Crippen molar-refractivity contribution in [3.63, 3.8) is 0 Å². The molecule has 1 saturated heterocycles. The first kappa shape index (κ1) is 22.2. The fourth-order valence-corrected chi connectivity index (χ4v) is 4.33. The van der Waals surface area contributed by atoms with Crippen LogP contribution in [-0.4, -0.2) is 45.3 Å². The molecule has 1 aliphatic heterocycles. The lowest BCUT2D eigenvalue weighted by molar-refractivity contribution is -0.901. The van der Waals surface area contributed by atoms with Gasteiger partial charge in [-0.3, -0.25) is 4.79 Å². The largest absolute Gasteiger partial charge is 0.351 e. The summed E-state index contributed by atoms with van der Waals surface area (Å²) < 4.78 is 25.7. The average Bonchev–Trinajstić information content (AvgIpc) is 3.25. The van der Waals surface area contributed by atoms with Crippen molar-refractivity contribution in [1.82, 2.24) is 9.62 Å². The second-order valence-electron chi connectivity index (χ2n) is 7.74. The van der Waals surface area contributed by atoms with Crippen LogP contribution < -0.4 is 10.2 Å². The van der Waals surface area contributed by atoms with Crippen LogP contribution in [0.5, 0.6) is 0 Å². The number of hydrogen-bond donors (Lipinski definition) is 2. The van der Waals surface area contributed by atoms with E-state index in [2.05, 4.69) is 17.4 Å². The Labute approximate surface area is 179 Å². The lowest BCUT2D eigenvalue weighted by Crippen LogP contribution is -3.08. The van der Waals surface area contributed by atoms with Gasteiger partial charge in [0.15, 0.2) is 0 Å². The predicted octanol–water partition coefficient (Wildman–Crippen LogP) is 1.41. The summed E-state index contributed by atoms with van der Waals surface area (Å²) in [4.78, 5) is 13.8. The van der Waals surface area contributed by atoms with Crippen LogP contribution in [0.25, 0.3) is 6.08 Å². The van der Waals surface area contributed by atoms with Crippen LogP contribution in [0.15, 0.2) is 60.0 Å². The van der Waals surface area contributed by atoms with Gasteiger partial charge in [0.05, 0.1) is 19.6 Å². The summed E-state index contributed by atoms with van der Waals surface area (Å²) in [6.07, 6.45) is 4.15. The molecule has 2 N–H and O–H groups in total. The highest BCUT2D eigenvalue weighted by Crippen LogP contribution is 2.07. The molecule has 0 saturated carbocycles. The Morgan fingerprint density at radius 1 is 1.03 bits per heavy atom. The fraction of sp³-hybridized carbons (Fsp3) is 0.348. The van der Waals surface area contributed by atoms with E-state index in [-0.39, 0.29) is 12.5 Å². The number of hydrogen-bond acceptors (Lipinski definition) is 3. The molecule has 1 heterocycles. The SMILES string of the molecule is CN(CC(=O)NCc1ccc(C[NH+]2CCCC2)cc1)S(=O)(=O)/C=C/c1ccccc1. The summed E-state index contributed by atoms with van der Waals surface area (Å²) >= 11 is 0. The number of carbonyl (C=O) groups is 1. The number of nitrogens with zero attached hydrogens (tertiary/aromatic N) is 1. The highest BCUT2D eigenvalue weighted by molar-refractivity contribution is 7.92. The predicted molar refractivity (Wildman–Crippen MR) is 119 cm³/mol. The number of carbonyl (C=O) groups excluding carboxylic acids is 1. The fourth-order valence-electron chi connectivity index (χ4n) is 3.50. The van der Waals surface area contributed by atoms with Crippen molar-refractivity contribution in [3.8, 4) is 0 Å². The number of rotatable bonds is 9. The number of likely N-dealkylation sites (tertiary alicyclic amines) is 1. The van der Waals surface area contributed by atoms with E-state index >= 15 is 0 Å². The number of benzene rings is 2. The zero-order valence-electron chi connectivity index (χ0n) is 17.4.